The van der Waals surface area contributed by atoms with Crippen LogP contribution < -0.4 is 15.6 Å². The van der Waals surface area contributed by atoms with E-state index in [1.54, 1.807) is 41.2 Å². The Morgan fingerprint density at radius 3 is 3.00 bits per heavy atom. The molecule has 0 spiro atoms. The Bertz CT molecular complexity index is 1000. The number of hydrogen-bond donors (Lipinski definition) is 2. The fraction of sp³-hybridized carbons (Fsp3) is 0.235. The summed E-state index contributed by atoms with van der Waals surface area (Å²) < 4.78 is 12.0. The maximum Gasteiger partial charge on any atom is 0.274 e. The summed E-state index contributed by atoms with van der Waals surface area (Å²) in [5.74, 6) is -0.0161. The third kappa shape index (κ3) is 2.66. The van der Waals surface area contributed by atoms with Gasteiger partial charge in [-0.3, -0.25) is 14.7 Å². The molecule has 3 heterocycles. The Morgan fingerprint density at radius 1 is 1.44 bits per heavy atom. The summed E-state index contributed by atoms with van der Waals surface area (Å²) in [6.07, 6.45) is 3.32. The average Bonchev–Trinajstić information content (AvgIpc) is 3.02. The molecule has 1 saturated heterocycles. The molecule has 1 aliphatic heterocycles. The standard InChI is InChI=1S/C17H16N4O4/c1-24-15-6-14-10(7-18-20-14)5-12(15)16(22)19-13-3-2-4-21(17(13)23)11-8-25-9-11/h2-7,11H,8-9H2,1H3,(H,18,20)(H,19,22). The van der Waals surface area contributed by atoms with Crippen LogP contribution in [0.3, 0.4) is 0 Å². The summed E-state index contributed by atoms with van der Waals surface area (Å²) in [6.45, 7) is 1.00. The second-order valence-electron chi connectivity index (χ2n) is 5.79. The molecule has 0 unspecified atom stereocenters. The maximum atomic E-state index is 12.7. The largest absolute Gasteiger partial charge is 0.496 e. The highest BCUT2D eigenvalue weighted by atomic mass is 16.5. The van der Waals surface area contributed by atoms with E-state index in [0.717, 1.165) is 10.9 Å². The predicted molar refractivity (Wildman–Crippen MR) is 91.2 cm³/mol. The molecular weight excluding hydrogens is 324 g/mol. The Morgan fingerprint density at radius 2 is 2.28 bits per heavy atom. The van der Waals surface area contributed by atoms with Crippen LogP contribution in [0, 0.1) is 0 Å². The van der Waals surface area contributed by atoms with Gasteiger partial charge in [0, 0.05) is 17.6 Å². The van der Waals surface area contributed by atoms with Crippen molar-refractivity contribution in [1.82, 2.24) is 14.8 Å². The Hall–Kier alpha value is -3.13. The van der Waals surface area contributed by atoms with Gasteiger partial charge in [-0.15, -0.1) is 0 Å². The first-order chi connectivity index (χ1) is 12.2. The van der Waals surface area contributed by atoms with Crippen LogP contribution in [0.15, 0.2) is 41.5 Å². The van der Waals surface area contributed by atoms with E-state index in [2.05, 4.69) is 15.5 Å². The van der Waals surface area contributed by atoms with E-state index in [-0.39, 0.29) is 17.3 Å². The summed E-state index contributed by atoms with van der Waals surface area (Å²) in [5, 5.41) is 10.2. The van der Waals surface area contributed by atoms with Crippen LogP contribution in [0.25, 0.3) is 10.9 Å². The van der Waals surface area contributed by atoms with Gasteiger partial charge in [0.2, 0.25) is 0 Å². The zero-order valence-corrected chi connectivity index (χ0v) is 13.5. The summed E-state index contributed by atoms with van der Waals surface area (Å²) in [6, 6.07) is 6.70. The van der Waals surface area contributed by atoms with E-state index in [0.29, 0.717) is 24.5 Å². The molecule has 2 aromatic heterocycles. The number of nitrogens with zero attached hydrogens (tertiary/aromatic N) is 2. The molecule has 3 aromatic rings. The number of benzene rings is 1. The van der Waals surface area contributed by atoms with Gasteiger partial charge in [0.1, 0.15) is 11.4 Å². The highest BCUT2D eigenvalue weighted by Gasteiger charge is 2.23. The van der Waals surface area contributed by atoms with E-state index in [1.807, 2.05) is 0 Å². The SMILES string of the molecule is COc1cc2[nH]ncc2cc1C(=O)Nc1cccn(C2COC2)c1=O. The lowest BCUT2D eigenvalue weighted by Gasteiger charge is -2.28. The summed E-state index contributed by atoms with van der Waals surface area (Å²) in [5.41, 5.74) is 1.06. The van der Waals surface area contributed by atoms with Gasteiger partial charge in [-0.2, -0.15) is 5.10 Å². The monoisotopic (exact) mass is 340 g/mol. The van der Waals surface area contributed by atoms with Crippen LogP contribution in [0.5, 0.6) is 5.75 Å². The highest BCUT2D eigenvalue weighted by Crippen LogP contribution is 2.25. The predicted octanol–water partition coefficient (Wildman–Crippen LogP) is 1.56. The molecule has 4 rings (SSSR count). The molecule has 1 aromatic carbocycles. The Kier molecular flexibility index (Phi) is 3.73. The first-order valence-corrected chi connectivity index (χ1v) is 7.78. The van der Waals surface area contributed by atoms with Gasteiger partial charge in [-0.05, 0) is 18.2 Å². The van der Waals surface area contributed by atoms with E-state index < -0.39 is 5.91 Å². The van der Waals surface area contributed by atoms with E-state index in [9.17, 15) is 9.59 Å². The molecule has 2 N–H and O–H groups in total. The van der Waals surface area contributed by atoms with Crippen LogP contribution in [0.1, 0.15) is 16.4 Å². The van der Waals surface area contributed by atoms with Crippen molar-refractivity contribution in [3.63, 3.8) is 0 Å². The first-order valence-electron chi connectivity index (χ1n) is 7.78. The fourth-order valence-corrected chi connectivity index (χ4v) is 2.78. The van der Waals surface area contributed by atoms with Gasteiger partial charge in [-0.1, -0.05) is 0 Å². The third-order valence-electron chi connectivity index (χ3n) is 4.24. The highest BCUT2D eigenvalue weighted by molar-refractivity contribution is 6.08. The van der Waals surface area contributed by atoms with Gasteiger partial charge in [0.15, 0.2) is 0 Å². The minimum atomic E-state index is -0.417. The van der Waals surface area contributed by atoms with Gasteiger partial charge in [0.25, 0.3) is 11.5 Å². The molecule has 1 amide bonds. The van der Waals surface area contributed by atoms with E-state index in [1.165, 1.54) is 7.11 Å². The number of nitrogens with one attached hydrogen (secondary N) is 2. The molecule has 0 radical (unpaired) electrons. The summed E-state index contributed by atoms with van der Waals surface area (Å²) in [7, 11) is 1.49. The molecule has 128 valence electrons. The topological polar surface area (TPSA) is 98.2 Å². The van der Waals surface area contributed by atoms with Crippen LogP contribution in [-0.2, 0) is 4.74 Å². The smallest absolute Gasteiger partial charge is 0.274 e. The zero-order chi connectivity index (χ0) is 17.4. The molecule has 1 aliphatic rings. The molecule has 25 heavy (non-hydrogen) atoms. The van der Waals surface area contributed by atoms with Crippen molar-refractivity contribution in [2.75, 3.05) is 25.6 Å². The van der Waals surface area contributed by atoms with Crippen molar-refractivity contribution in [2.45, 2.75) is 6.04 Å². The first kappa shape index (κ1) is 15.4. The van der Waals surface area contributed by atoms with Crippen LogP contribution >= 0.6 is 0 Å². The molecule has 0 bridgehead atoms. The van der Waals surface area contributed by atoms with Crippen LogP contribution in [-0.4, -0.2) is 41.0 Å². The average molecular weight is 340 g/mol. The Balaban J connectivity index is 1.67. The molecular formula is C17H16N4O4. The van der Waals surface area contributed by atoms with E-state index in [4.69, 9.17) is 9.47 Å². The van der Waals surface area contributed by atoms with E-state index >= 15 is 0 Å². The van der Waals surface area contributed by atoms with Gasteiger partial charge >= 0.3 is 0 Å². The second-order valence-corrected chi connectivity index (χ2v) is 5.79. The number of pyridine rings is 1. The van der Waals surface area contributed by atoms with Crippen molar-refractivity contribution in [3.8, 4) is 5.75 Å². The molecule has 8 nitrogen and oxygen atoms in total. The quantitative estimate of drug-likeness (QED) is 0.751. The molecule has 0 atom stereocenters. The second kappa shape index (κ2) is 6.06. The van der Waals surface area contributed by atoms with Crippen molar-refractivity contribution >= 4 is 22.5 Å². The number of carbonyl (C=O) groups excluding carboxylic acids is 1. The molecule has 8 heteroatoms. The minimum absolute atomic E-state index is 0.0150. The Labute approximate surface area is 142 Å². The lowest BCUT2D eigenvalue weighted by molar-refractivity contribution is -0.0247. The minimum Gasteiger partial charge on any atom is -0.496 e. The number of fused-ring (bicyclic) bond motifs is 1. The van der Waals surface area contributed by atoms with Gasteiger partial charge in [-0.25, -0.2) is 0 Å². The van der Waals surface area contributed by atoms with Gasteiger partial charge < -0.3 is 19.4 Å². The van der Waals surface area contributed by atoms with Crippen molar-refractivity contribution in [1.29, 1.82) is 0 Å². The molecule has 1 fully saturated rings. The van der Waals surface area contributed by atoms with Crippen molar-refractivity contribution < 1.29 is 14.3 Å². The van der Waals surface area contributed by atoms with Crippen LogP contribution in [0.4, 0.5) is 5.69 Å². The number of carbonyl (C=O) groups is 1. The third-order valence-corrected chi connectivity index (χ3v) is 4.24. The number of aromatic nitrogens is 3. The lowest BCUT2D eigenvalue weighted by atomic mass is 10.1. The number of amides is 1. The zero-order valence-electron chi connectivity index (χ0n) is 13.5. The van der Waals surface area contributed by atoms with Crippen molar-refractivity contribution in [3.05, 3.63) is 52.6 Å². The number of aromatic amines is 1. The number of hydrogen-bond acceptors (Lipinski definition) is 5. The van der Waals surface area contributed by atoms with Gasteiger partial charge in [0.05, 0.1) is 43.6 Å². The lowest BCUT2D eigenvalue weighted by Crippen LogP contribution is -2.38. The normalized spacial score (nSPS) is 14.3. The summed E-state index contributed by atoms with van der Waals surface area (Å²) in [4.78, 5) is 25.2. The number of H-pyrrole nitrogens is 1. The number of ether oxygens (including phenoxy) is 2. The number of rotatable bonds is 4. The molecule has 0 aliphatic carbocycles. The van der Waals surface area contributed by atoms with Crippen molar-refractivity contribution in [2.24, 2.45) is 0 Å². The fourth-order valence-electron chi connectivity index (χ4n) is 2.78. The summed E-state index contributed by atoms with van der Waals surface area (Å²) >= 11 is 0. The van der Waals surface area contributed by atoms with Crippen LogP contribution in [0.2, 0.25) is 0 Å². The number of anilines is 1. The molecule has 0 saturated carbocycles. The maximum absolute atomic E-state index is 12.7. The number of methoxy groups -OCH3 is 1.